The minimum Gasteiger partial charge on any atom is -0.494 e. The molecule has 3 N–H and O–H groups in total. The molecule has 5 nitrogen and oxygen atoms in total. The minimum absolute atomic E-state index is 0.0333. The fraction of sp³-hybridized carbons (Fsp3) is 0.400. The van der Waals surface area contributed by atoms with Crippen LogP contribution in [0.2, 0.25) is 0 Å². The van der Waals surface area contributed by atoms with Crippen LogP contribution < -0.4 is 16.0 Å². The van der Waals surface area contributed by atoms with Gasteiger partial charge in [-0.3, -0.25) is 11.3 Å². The molecule has 0 aliphatic heterocycles. The first kappa shape index (κ1) is 14.6. The molecule has 108 valence electrons. The van der Waals surface area contributed by atoms with Gasteiger partial charge in [0, 0.05) is 13.5 Å². The van der Waals surface area contributed by atoms with Crippen LogP contribution in [-0.4, -0.2) is 16.2 Å². The summed E-state index contributed by atoms with van der Waals surface area (Å²) in [5.74, 6) is 7.50. The van der Waals surface area contributed by atoms with Crippen molar-refractivity contribution in [3.8, 4) is 5.75 Å². The molecule has 2 rings (SSSR count). The molecule has 0 bridgehead atoms. The standard InChI is InChI=1S/C15H22N4O/c1-11-5-4-6-13(9-11)20-8-7-14(18-16)15-10-17-12(2)19(15)3/h4-6,9-10,14,18H,7-8,16H2,1-3H3. The number of hydrogen-bond acceptors (Lipinski definition) is 4. The highest BCUT2D eigenvalue weighted by Gasteiger charge is 2.14. The summed E-state index contributed by atoms with van der Waals surface area (Å²) in [4.78, 5) is 4.29. The molecule has 0 spiro atoms. The summed E-state index contributed by atoms with van der Waals surface area (Å²) in [6.07, 6.45) is 2.63. The van der Waals surface area contributed by atoms with Gasteiger partial charge in [0.25, 0.3) is 0 Å². The van der Waals surface area contributed by atoms with Gasteiger partial charge in [-0.2, -0.15) is 0 Å². The zero-order chi connectivity index (χ0) is 14.5. The lowest BCUT2D eigenvalue weighted by atomic mass is 10.1. The maximum absolute atomic E-state index is 5.76. The van der Waals surface area contributed by atoms with Crippen LogP contribution in [-0.2, 0) is 7.05 Å². The quantitative estimate of drug-likeness (QED) is 0.625. The van der Waals surface area contributed by atoms with Crippen molar-refractivity contribution in [1.29, 1.82) is 0 Å². The van der Waals surface area contributed by atoms with Gasteiger partial charge in [0.2, 0.25) is 0 Å². The second-order valence-electron chi connectivity index (χ2n) is 4.96. The Labute approximate surface area is 119 Å². The molecule has 1 atom stereocenters. The lowest BCUT2D eigenvalue weighted by molar-refractivity contribution is 0.284. The maximum atomic E-state index is 5.76. The molecule has 0 saturated heterocycles. The number of nitrogens with zero attached hydrogens (tertiary/aromatic N) is 2. The Morgan fingerprint density at radius 3 is 2.80 bits per heavy atom. The van der Waals surface area contributed by atoms with E-state index < -0.39 is 0 Å². The van der Waals surface area contributed by atoms with Crippen molar-refractivity contribution in [2.45, 2.75) is 26.3 Å². The van der Waals surface area contributed by atoms with E-state index in [0.717, 1.165) is 23.7 Å². The van der Waals surface area contributed by atoms with Crippen LogP contribution in [0.25, 0.3) is 0 Å². The van der Waals surface area contributed by atoms with E-state index in [1.165, 1.54) is 5.56 Å². The van der Waals surface area contributed by atoms with Crippen molar-refractivity contribution in [2.75, 3.05) is 6.61 Å². The second kappa shape index (κ2) is 6.54. The number of benzene rings is 1. The SMILES string of the molecule is Cc1cccc(OCCC(NN)c2cnc(C)n2C)c1. The van der Waals surface area contributed by atoms with Crippen LogP contribution in [0.3, 0.4) is 0 Å². The van der Waals surface area contributed by atoms with Crippen LogP contribution in [0, 0.1) is 13.8 Å². The first-order chi connectivity index (χ1) is 9.61. The molecular formula is C15H22N4O. The molecule has 1 aromatic heterocycles. The van der Waals surface area contributed by atoms with E-state index in [1.54, 1.807) is 0 Å². The highest BCUT2D eigenvalue weighted by atomic mass is 16.5. The molecule has 0 aliphatic carbocycles. The van der Waals surface area contributed by atoms with Crippen molar-refractivity contribution >= 4 is 0 Å². The molecule has 20 heavy (non-hydrogen) atoms. The zero-order valence-electron chi connectivity index (χ0n) is 12.3. The van der Waals surface area contributed by atoms with Crippen LogP contribution in [0.5, 0.6) is 5.75 Å². The molecule has 1 heterocycles. The third-order valence-electron chi connectivity index (χ3n) is 3.48. The Morgan fingerprint density at radius 1 is 1.40 bits per heavy atom. The number of hydrogen-bond donors (Lipinski definition) is 2. The molecule has 0 saturated carbocycles. The molecule has 0 aliphatic rings. The average Bonchev–Trinajstić information content (AvgIpc) is 2.76. The lowest BCUT2D eigenvalue weighted by Crippen LogP contribution is -2.30. The monoisotopic (exact) mass is 274 g/mol. The van der Waals surface area contributed by atoms with E-state index in [9.17, 15) is 0 Å². The average molecular weight is 274 g/mol. The smallest absolute Gasteiger partial charge is 0.119 e. The maximum Gasteiger partial charge on any atom is 0.119 e. The number of aromatic nitrogens is 2. The number of ether oxygens (including phenoxy) is 1. The molecule has 1 unspecified atom stereocenters. The number of rotatable bonds is 6. The third-order valence-corrected chi connectivity index (χ3v) is 3.48. The highest BCUT2D eigenvalue weighted by Crippen LogP contribution is 2.18. The van der Waals surface area contributed by atoms with E-state index in [2.05, 4.69) is 23.4 Å². The van der Waals surface area contributed by atoms with Gasteiger partial charge in [-0.15, -0.1) is 0 Å². The summed E-state index contributed by atoms with van der Waals surface area (Å²) >= 11 is 0. The Morgan fingerprint density at radius 2 is 2.20 bits per heavy atom. The van der Waals surface area contributed by atoms with Gasteiger partial charge in [-0.1, -0.05) is 12.1 Å². The molecule has 5 heteroatoms. The summed E-state index contributed by atoms with van der Waals surface area (Å²) in [6, 6.07) is 8.07. The summed E-state index contributed by atoms with van der Waals surface area (Å²) in [5.41, 5.74) is 5.09. The third kappa shape index (κ3) is 3.37. The summed E-state index contributed by atoms with van der Waals surface area (Å²) in [7, 11) is 1.99. The Balaban J connectivity index is 1.93. The predicted octanol–water partition coefficient (Wildman–Crippen LogP) is 2.01. The topological polar surface area (TPSA) is 65.1 Å². The minimum atomic E-state index is 0.0333. The van der Waals surface area contributed by atoms with Crippen molar-refractivity contribution in [1.82, 2.24) is 15.0 Å². The van der Waals surface area contributed by atoms with Crippen molar-refractivity contribution < 1.29 is 4.74 Å². The predicted molar refractivity (Wildman–Crippen MR) is 79.3 cm³/mol. The van der Waals surface area contributed by atoms with Gasteiger partial charge in [0.1, 0.15) is 11.6 Å². The number of nitrogens with two attached hydrogens (primary N) is 1. The fourth-order valence-electron chi connectivity index (χ4n) is 2.16. The summed E-state index contributed by atoms with van der Waals surface area (Å²) < 4.78 is 7.80. The van der Waals surface area contributed by atoms with E-state index in [0.29, 0.717) is 6.61 Å². The Bertz CT molecular complexity index is 565. The van der Waals surface area contributed by atoms with Gasteiger partial charge in [0.15, 0.2) is 0 Å². The fourth-order valence-corrected chi connectivity index (χ4v) is 2.16. The van der Waals surface area contributed by atoms with Crippen molar-refractivity contribution in [3.05, 3.63) is 47.5 Å². The Hall–Kier alpha value is -1.85. The molecule has 0 radical (unpaired) electrons. The van der Waals surface area contributed by atoms with Crippen molar-refractivity contribution in [2.24, 2.45) is 12.9 Å². The van der Waals surface area contributed by atoms with E-state index in [4.69, 9.17) is 10.6 Å². The van der Waals surface area contributed by atoms with Crippen LogP contribution in [0.1, 0.15) is 29.5 Å². The van der Waals surface area contributed by atoms with E-state index >= 15 is 0 Å². The van der Waals surface area contributed by atoms with E-state index in [1.807, 2.05) is 42.9 Å². The van der Waals surface area contributed by atoms with E-state index in [-0.39, 0.29) is 6.04 Å². The molecule has 2 aromatic rings. The number of aryl methyl sites for hydroxylation is 2. The summed E-state index contributed by atoms with van der Waals surface area (Å²) in [6.45, 7) is 4.62. The molecular weight excluding hydrogens is 252 g/mol. The van der Waals surface area contributed by atoms with Gasteiger partial charge in [-0.25, -0.2) is 4.98 Å². The van der Waals surface area contributed by atoms with Crippen molar-refractivity contribution in [3.63, 3.8) is 0 Å². The molecule has 0 amide bonds. The molecule has 0 fully saturated rings. The Kier molecular flexibility index (Phi) is 4.76. The highest BCUT2D eigenvalue weighted by molar-refractivity contribution is 5.27. The first-order valence-corrected chi connectivity index (χ1v) is 6.75. The van der Waals surface area contributed by atoms with Gasteiger partial charge in [0.05, 0.1) is 24.5 Å². The van der Waals surface area contributed by atoms with Crippen LogP contribution in [0.4, 0.5) is 0 Å². The second-order valence-corrected chi connectivity index (χ2v) is 4.96. The van der Waals surface area contributed by atoms with Gasteiger partial charge < -0.3 is 9.30 Å². The zero-order valence-corrected chi connectivity index (χ0v) is 12.3. The number of hydrazine groups is 1. The summed E-state index contributed by atoms with van der Waals surface area (Å²) in [5, 5.41) is 0. The van der Waals surface area contributed by atoms with Crippen LogP contribution >= 0.6 is 0 Å². The van der Waals surface area contributed by atoms with Gasteiger partial charge >= 0.3 is 0 Å². The normalized spacial score (nSPS) is 12.4. The van der Waals surface area contributed by atoms with Gasteiger partial charge in [-0.05, 0) is 31.5 Å². The first-order valence-electron chi connectivity index (χ1n) is 6.75. The largest absolute Gasteiger partial charge is 0.494 e. The molecule has 1 aromatic carbocycles. The number of nitrogens with one attached hydrogen (secondary N) is 1. The van der Waals surface area contributed by atoms with Crippen LogP contribution in [0.15, 0.2) is 30.5 Å². The number of imidazole rings is 1. The lowest BCUT2D eigenvalue weighted by Gasteiger charge is -2.17.